The first-order valence-corrected chi connectivity index (χ1v) is 11.1. The van der Waals surface area contributed by atoms with E-state index in [4.69, 9.17) is 4.74 Å². The summed E-state index contributed by atoms with van der Waals surface area (Å²) in [6.45, 7) is 13.1. The highest BCUT2D eigenvalue weighted by Gasteiger charge is 2.31. The van der Waals surface area contributed by atoms with E-state index in [9.17, 15) is 5.11 Å². The van der Waals surface area contributed by atoms with Crippen LogP contribution in [0, 0.1) is 6.92 Å². The Labute approximate surface area is 178 Å². The molecule has 2 nitrogen and oxygen atoms in total. The number of aromatic hydroxyl groups is 1. The van der Waals surface area contributed by atoms with Crippen molar-refractivity contribution < 1.29 is 9.84 Å². The number of phenols is 1. The Bertz CT molecular complexity index is 778. The first-order valence-electron chi connectivity index (χ1n) is 11.1. The molecule has 0 bridgehead atoms. The van der Waals surface area contributed by atoms with Crippen molar-refractivity contribution in [3.8, 4) is 11.5 Å². The fourth-order valence-corrected chi connectivity index (χ4v) is 3.99. The Morgan fingerprint density at radius 3 is 2.28 bits per heavy atom. The zero-order valence-electron chi connectivity index (χ0n) is 19.4. The van der Waals surface area contributed by atoms with Gasteiger partial charge >= 0.3 is 0 Å². The third-order valence-electron chi connectivity index (χ3n) is 5.90. The average Bonchev–Trinajstić information content (AvgIpc) is 2.62. The lowest BCUT2D eigenvalue weighted by Gasteiger charge is -2.36. The molecule has 1 heterocycles. The largest absolute Gasteiger partial charge is 0.508 e. The van der Waals surface area contributed by atoms with Crippen LogP contribution in [0.25, 0.3) is 0 Å². The quantitative estimate of drug-likeness (QED) is 0.429. The van der Waals surface area contributed by atoms with Gasteiger partial charge in [0.2, 0.25) is 0 Å². The molecule has 0 amide bonds. The van der Waals surface area contributed by atoms with E-state index in [1.165, 1.54) is 23.1 Å². The molecule has 1 aliphatic rings. The van der Waals surface area contributed by atoms with Crippen LogP contribution in [0.5, 0.6) is 11.5 Å². The molecule has 0 fully saturated rings. The van der Waals surface area contributed by atoms with E-state index in [2.05, 4.69) is 52.8 Å². The van der Waals surface area contributed by atoms with Crippen LogP contribution in [0.1, 0.15) is 90.7 Å². The number of allylic oxidation sites excluding steroid dienone is 6. The van der Waals surface area contributed by atoms with Crippen molar-refractivity contribution in [3.05, 3.63) is 58.2 Å². The van der Waals surface area contributed by atoms with E-state index >= 15 is 0 Å². The SMILES string of the molecule is CC(C)=CCCC(C)=CCCC(C)=CCC[C@@]1(C)CCc2cc(O)cc(C)c2O1. The monoisotopic (exact) mass is 396 g/mol. The van der Waals surface area contributed by atoms with Crippen LogP contribution in [0.4, 0.5) is 0 Å². The summed E-state index contributed by atoms with van der Waals surface area (Å²) >= 11 is 0. The maximum Gasteiger partial charge on any atom is 0.126 e. The van der Waals surface area contributed by atoms with Gasteiger partial charge in [0, 0.05) is 0 Å². The Morgan fingerprint density at radius 2 is 1.62 bits per heavy atom. The van der Waals surface area contributed by atoms with Gasteiger partial charge in [-0.05, 0) is 116 Å². The Balaban J connectivity index is 1.79. The van der Waals surface area contributed by atoms with Crippen LogP contribution in [0.2, 0.25) is 0 Å². The first-order chi connectivity index (χ1) is 13.7. The lowest BCUT2D eigenvalue weighted by Crippen LogP contribution is -2.36. The van der Waals surface area contributed by atoms with Crippen LogP contribution in [-0.2, 0) is 6.42 Å². The number of ether oxygens (including phenoxy) is 1. The fraction of sp³-hybridized carbons (Fsp3) is 0.556. The summed E-state index contributed by atoms with van der Waals surface area (Å²) in [6.07, 6.45) is 15.8. The van der Waals surface area contributed by atoms with Crippen LogP contribution in [-0.4, -0.2) is 10.7 Å². The number of benzene rings is 1. The lowest BCUT2D eigenvalue weighted by atomic mass is 9.87. The summed E-state index contributed by atoms with van der Waals surface area (Å²) in [5.74, 6) is 1.32. The molecule has 0 spiro atoms. The first kappa shape index (κ1) is 23.3. The summed E-state index contributed by atoms with van der Waals surface area (Å²) in [5.41, 5.74) is 6.43. The van der Waals surface area contributed by atoms with E-state index < -0.39 is 0 Å². The molecule has 0 aromatic heterocycles. The highest BCUT2D eigenvalue weighted by molar-refractivity contribution is 5.47. The molecule has 0 unspecified atom stereocenters. The Kier molecular flexibility index (Phi) is 8.61. The number of phenolic OH excluding ortho intramolecular Hbond substituents is 1. The smallest absolute Gasteiger partial charge is 0.126 e. The van der Waals surface area contributed by atoms with E-state index in [0.717, 1.165) is 61.8 Å². The molecular weight excluding hydrogens is 356 g/mol. The van der Waals surface area contributed by atoms with Crippen molar-refractivity contribution >= 4 is 0 Å². The van der Waals surface area contributed by atoms with Gasteiger partial charge in [0.15, 0.2) is 0 Å². The van der Waals surface area contributed by atoms with E-state index in [0.29, 0.717) is 5.75 Å². The van der Waals surface area contributed by atoms with Gasteiger partial charge in [-0.25, -0.2) is 0 Å². The van der Waals surface area contributed by atoms with Crippen LogP contribution >= 0.6 is 0 Å². The predicted octanol–water partition coefficient (Wildman–Crippen LogP) is 7.98. The van der Waals surface area contributed by atoms with Crippen molar-refractivity contribution in [2.75, 3.05) is 0 Å². The third-order valence-corrected chi connectivity index (χ3v) is 5.90. The summed E-state index contributed by atoms with van der Waals surface area (Å²) in [4.78, 5) is 0. The molecule has 160 valence electrons. The second-order valence-electron chi connectivity index (χ2n) is 9.30. The number of aryl methyl sites for hydroxylation is 2. The molecule has 1 aliphatic heterocycles. The molecule has 0 saturated heterocycles. The molecule has 1 aromatic carbocycles. The molecule has 0 radical (unpaired) electrons. The van der Waals surface area contributed by atoms with Gasteiger partial charge in [-0.3, -0.25) is 0 Å². The van der Waals surface area contributed by atoms with Crippen LogP contribution in [0.15, 0.2) is 47.1 Å². The summed E-state index contributed by atoms with van der Waals surface area (Å²) in [6, 6.07) is 3.64. The highest BCUT2D eigenvalue weighted by Crippen LogP contribution is 2.39. The van der Waals surface area contributed by atoms with Crippen molar-refractivity contribution in [2.24, 2.45) is 0 Å². The van der Waals surface area contributed by atoms with Crippen molar-refractivity contribution in [1.82, 2.24) is 0 Å². The molecule has 1 N–H and O–H groups in total. The summed E-state index contributed by atoms with van der Waals surface area (Å²) in [7, 11) is 0. The van der Waals surface area contributed by atoms with Gasteiger partial charge in [-0.15, -0.1) is 0 Å². The maximum absolute atomic E-state index is 9.80. The molecule has 2 heteroatoms. The Hall–Kier alpha value is -1.96. The van der Waals surface area contributed by atoms with E-state index in [1.54, 1.807) is 6.07 Å². The second kappa shape index (κ2) is 10.7. The standard InChI is InChI=1S/C27H40O2/c1-20(2)10-7-11-21(3)12-8-13-22(4)14-9-16-27(6)17-15-24-19-25(28)18-23(5)26(24)29-27/h10,12,14,18-19,28H,7-9,11,13,15-17H2,1-6H3/t27-/m0/s1. The minimum absolute atomic E-state index is 0.118. The second-order valence-corrected chi connectivity index (χ2v) is 9.30. The van der Waals surface area contributed by atoms with E-state index in [-0.39, 0.29) is 5.60 Å². The molecule has 0 aliphatic carbocycles. The number of rotatable bonds is 9. The van der Waals surface area contributed by atoms with Gasteiger partial charge < -0.3 is 9.84 Å². The van der Waals surface area contributed by atoms with Gasteiger partial charge in [-0.2, -0.15) is 0 Å². The molecule has 2 rings (SSSR count). The minimum Gasteiger partial charge on any atom is -0.508 e. The highest BCUT2D eigenvalue weighted by atomic mass is 16.5. The summed E-state index contributed by atoms with van der Waals surface area (Å²) < 4.78 is 6.40. The van der Waals surface area contributed by atoms with Crippen LogP contribution in [0.3, 0.4) is 0 Å². The van der Waals surface area contributed by atoms with E-state index in [1.807, 2.05) is 13.0 Å². The maximum atomic E-state index is 9.80. The van der Waals surface area contributed by atoms with Crippen LogP contribution < -0.4 is 4.74 Å². The molecule has 1 aromatic rings. The lowest BCUT2D eigenvalue weighted by molar-refractivity contribution is 0.0561. The van der Waals surface area contributed by atoms with Gasteiger partial charge in [0.1, 0.15) is 17.1 Å². The van der Waals surface area contributed by atoms with Gasteiger partial charge in [0.05, 0.1) is 0 Å². The zero-order chi connectivity index (χ0) is 21.4. The number of hydrogen-bond acceptors (Lipinski definition) is 2. The minimum atomic E-state index is -0.118. The zero-order valence-corrected chi connectivity index (χ0v) is 19.4. The van der Waals surface area contributed by atoms with Gasteiger partial charge in [-0.1, -0.05) is 34.9 Å². The molecular formula is C27H40O2. The van der Waals surface area contributed by atoms with Gasteiger partial charge in [0.25, 0.3) is 0 Å². The molecule has 0 saturated carbocycles. The molecule has 1 atom stereocenters. The Morgan fingerprint density at radius 1 is 1.00 bits per heavy atom. The fourth-order valence-electron chi connectivity index (χ4n) is 3.99. The number of fused-ring (bicyclic) bond motifs is 1. The number of hydrogen-bond donors (Lipinski definition) is 1. The van der Waals surface area contributed by atoms with Crippen molar-refractivity contribution in [3.63, 3.8) is 0 Å². The normalized spacial score (nSPS) is 19.5. The average molecular weight is 397 g/mol. The van der Waals surface area contributed by atoms with Crippen molar-refractivity contribution in [2.45, 2.75) is 98.5 Å². The topological polar surface area (TPSA) is 29.5 Å². The molecule has 29 heavy (non-hydrogen) atoms. The predicted molar refractivity (Wildman–Crippen MR) is 125 cm³/mol. The third kappa shape index (κ3) is 7.76. The summed E-state index contributed by atoms with van der Waals surface area (Å²) in [5, 5.41) is 9.80. The van der Waals surface area contributed by atoms with Crippen molar-refractivity contribution in [1.29, 1.82) is 0 Å².